The Hall–Kier alpha value is -0.450. The third-order valence-electron chi connectivity index (χ3n) is 3.92. The van der Waals surface area contributed by atoms with Gasteiger partial charge < -0.3 is 5.11 Å². The van der Waals surface area contributed by atoms with Gasteiger partial charge in [-0.3, -0.25) is 4.90 Å². The summed E-state index contributed by atoms with van der Waals surface area (Å²) in [6, 6.07) is 5.05. The summed E-state index contributed by atoms with van der Waals surface area (Å²) in [6.45, 7) is 3.79. The molecule has 0 aliphatic carbocycles. The third-order valence-corrected chi connectivity index (χ3v) is 4.65. The number of halogens is 2. The van der Waals surface area contributed by atoms with Crippen molar-refractivity contribution in [3.8, 4) is 0 Å². The van der Waals surface area contributed by atoms with Crippen molar-refractivity contribution in [2.45, 2.75) is 51.3 Å². The van der Waals surface area contributed by atoms with Crippen molar-refractivity contribution in [2.24, 2.45) is 0 Å². The van der Waals surface area contributed by atoms with E-state index in [0.717, 1.165) is 36.0 Å². The molecule has 1 aromatic carbocycles. The molecule has 1 heterocycles. The third kappa shape index (κ3) is 3.77. The van der Waals surface area contributed by atoms with Crippen molar-refractivity contribution in [3.63, 3.8) is 0 Å². The highest BCUT2D eigenvalue weighted by atomic mass is 79.9. The lowest BCUT2D eigenvalue weighted by atomic mass is 9.95. The molecule has 0 saturated carbocycles. The molecule has 2 rings (SSSR count). The molecule has 0 bridgehead atoms. The minimum Gasteiger partial charge on any atom is -0.392 e. The van der Waals surface area contributed by atoms with E-state index in [0.29, 0.717) is 0 Å². The zero-order valence-electron chi connectivity index (χ0n) is 11.3. The Kier molecular flexibility index (Phi) is 5.37. The van der Waals surface area contributed by atoms with E-state index in [1.54, 1.807) is 0 Å². The van der Waals surface area contributed by atoms with Crippen LogP contribution >= 0.6 is 15.9 Å². The molecule has 1 saturated heterocycles. The minimum atomic E-state index is -0.264. The molecule has 2 atom stereocenters. The fourth-order valence-electron chi connectivity index (χ4n) is 2.79. The Morgan fingerprint density at radius 3 is 2.95 bits per heavy atom. The summed E-state index contributed by atoms with van der Waals surface area (Å²) < 4.78 is 13.9. The zero-order chi connectivity index (χ0) is 13.8. The first-order valence-electron chi connectivity index (χ1n) is 6.98. The molecule has 0 radical (unpaired) electrons. The van der Waals surface area contributed by atoms with Crippen molar-refractivity contribution in [2.75, 3.05) is 6.54 Å². The largest absolute Gasteiger partial charge is 0.392 e. The van der Waals surface area contributed by atoms with Gasteiger partial charge >= 0.3 is 0 Å². The molecule has 0 spiro atoms. The summed E-state index contributed by atoms with van der Waals surface area (Å²) in [7, 11) is 0. The average molecular weight is 330 g/mol. The summed E-state index contributed by atoms with van der Waals surface area (Å²) >= 11 is 3.42. The van der Waals surface area contributed by atoms with Crippen LogP contribution in [0.3, 0.4) is 0 Å². The molecule has 19 heavy (non-hydrogen) atoms. The van der Waals surface area contributed by atoms with E-state index < -0.39 is 0 Å². The van der Waals surface area contributed by atoms with Gasteiger partial charge in [0.15, 0.2) is 0 Å². The standard InChI is InChI=1S/C15H21BrFNO/c1-2-15(19)14-5-3-4-8-18(14)10-11-6-7-12(17)9-13(11)16/h6-7,9,14-15,19H,2-5,8,10H2,1H3. The van der Waals surface area contributed by atoms with E-state index in [9.17, 15) is 9.50 Å². The van der Waals surface area contributed by atoms with Crippen LogP contribution in [0, 0.1) is 5.82 Å². The van der Waals surface area contributed by atoms with Crippen LogP contribution in [-0.2, 0) is 6.54 Å². The quantitative estimate of drug-likeness (QED) is 0.910. The second kappa shape index (κ2) is 6.82. The van der Waals surface area contributed by atoms with Crippen LogP contribution in [0.25, 0.3) is 0 Å². The monoisotopic (exact) mass is 329 g/mol. The maximum absolute atomic E-state index is 13.1. The topological polar surface area (TPSA) is 23.5 Å². The lowest BCUT2D eigenvalue weighted by molar-refractivity contribution is 0.0194. The second-order valence-corrected chi connectivity index (χ2v) is 6.10. The van der Waals surface area contributed by atoms with Crippen LogP contribution in [0.4, 0.5) is 4.39 Å². The van der Waals surface area contributed by atoms with Gasteiger partial charge in [0.25, 0.3) is 0 Å². The van der Waals surface area contributed by atoms with E-state index in [-0.39, 0.29) is 18.0 Å². The smallest absolute Gasteiger partial charge is 0.124 e. The molecule has 1 fully saturated rings. The number of hydrogen-bond donors (Lipinski definition) is 1. The highest BCUT2D eigenvalue weighted by molar-refractivity contribution is 9.10. The molecule has 1 aromatic rings. The van der Waals surface area contributed by atoms with Crippen molar-refractivity contribution < 1.29 is 9.50 Å². The summed E-state index contributed by atoms with van der Waals surface area (Å²) in [5.74, 6) is -0.223. The summed E-state index contributed by atoms with van der Waals surface area (Å²) in [6.07, 6.45) is 3.92. The van der Waals surface area contributed by atoms with Crippen LogP contribution < -0.4 is 0 Å². The molecule has 4 heteroatoms. The lowest BCUT2D eigenvalue weighted by Gasteiger charge is -2.38. The maximum atomic E-state index is 13.1. The molecule has 2 unspecified atom stereocenters. The summed E-state index contributed by atoms with van der Waals surface area (Å²) in [5, 5.41) is 10.1. The van der Waals surface area contributed by atoms with E-state index in [1.807, 2.05) is 13.0 Å². The molecule has 1 aliphatic heterocycles. The van der Waals surface area contributed by atoms with Gasteiger partial charge in [-0.15, -0.1) is 0 Å². The Bertz CT molecular complexity index is 427. The molecule has 1 aliphatic rings. The Balaban J connectivity index is 2.10. The number of hydrogen-bond acceptors (Lipinski definition) is 2. The number of aliphatic hydroxyl groups is 1. The minimum absolute atomic E-state index is 0.223. The van der Waals surface area contributed by atoms with Crippen LogP contribution in [0.15, 0.2) is 22.7 Å². The number of rotatable bonds is 4. The van der Waals surface area contributed by atoms with Gasteiger partial charge in [-0.1, -0.05) is 35.3 Å². The van der Waals surface area contributed by atoms with Crippen LogP contribution in [-0.4, -0.2) is 28.7 Å². The fourth-order valence-corrected chi connectivity index (χ4v) is 3.27. The highest BCUT2D eigenvalue weighted by Crippen LogP contribution is 2.26. The maximum Gasteiger partial charge on any atom is 0.124 e. The van der Waals surface area contributed by atoms with Gasteiger partial charge in [0.05, 0.1) is 6.10 Å². The molecular formula is C15H21BrFNO. The molecule has 106 valence electrons. The summed E-state index contributed by atoms with van der Waals surface area (Å²) in [4.78, 5) is 2.33. The molecule has 0 aromatic heterocycles. The van der Waals surface area contributed by atoms with Crippen molar-refractivity contribution in [1.82, 2.24) is 4.90 Å². The predicted octanol–water partition coefficient (Wildman–Crippen LogP) is 3.71. The molecule has 1 N–H and O–H groups in total. The van der Waals surface area contributed by atoms with Crippen LogP contribution in [0.1, 0.15) is 38.2 Å². The van der Waals surface area contributed by atoms with Gasteiger partial charge in [0.1, 0.15) is 5.82 Å². The first kappa shape index (κ1) is 14.9. The molecular weight excluding hydrogens is 309 g/mol. The second-order valence-electron chi connectivity index (χ2n) is 5.24. The fraction of sp³-hybridized carbons (Fsp3) is 0.600. The Labute approximate surface area is 122 Å². The number of likely N-dealkylation sites (tertiary alicyclic amines) is 1. The van der Waals surface area contributed by atoms with Gasteiger partial charge in [-0.2, -0.15) is 0 Å². The highest BCUT2D eigenvalue weighted by Gasteiger charge is 2.27. The van der Waals surface area contributed by atoms with Crippen LogP contribution in [0.5, 0.6) is 0 Å². The number of benzene rings is 1. The summed E-state index contributed by atoms with van der Waals surface area (Å²) in [5.41, 5.74) is 1.08. The zero-order valence-corrected chi connectivity index (χ0v) is 12.9. The van der Waals surface area contributed by atoms with Crippen molar-refractivity contribution in [1.29, 1.82) is 0 Å². The number of aliphatic hydroxyl groups excluding tert-OH is 1. The van der Waals surface area contributed by atoms with Gasteiger partial charge in [0, 0.05) is 17.1 Å². The Morgan fingerprint density at radius 2 is 2.26 bits per heavy atom. The van der Waals surface area contributed by atoms with Gasteiger partial charge in [0.2, 0.25) is 0 Å². The Morgan fingerprint density at radius 1 is 1.47 bits per heavy atom. The normalized spacial score (nSPS) is 22.4. The van der Waals surface area contributed by atoms with E-state index in [1.165, 1.54) is 25.0 Å². The van der Waals surface area contributed by atoms with Crippen molar-refractivity contribution >= 4 is 15.9 Å². The SMILES string of the molecule is CCC(O)C1CCCCN1Cc1ccc(F)cc1Br. The molecule has 0 amide bonds. The van der Waals surface area contributed by atoms with Crippen molar-refractivity contribution in [3.05, 3.63) is 34.1 Å². The number of piperidine rings is 1. The first-order valence-corrected chi connectivity index (χ1v) is 7.77. The van der Waals surface area contributed by atoms with Gasteiger partial charge in [-0.05, 0) is 43.5 Å². The molecule has 2 nitrogen and oxygen atoms in total. The van der Waals surface area contributed by atoms with E-state index in [4.69, 9.17) is 0 Å². The average Bonchev–Trinajstić information content (AvgIpc) is 2.41. The van der Waals surface area contributed by atoms with E-state index in [2.05, 4.69) is 20.8 Å². The lowest BCUT2D eigenvalue weighted by Crippen LogP contribution is -2.46. The first-order chi connectivity index (χ1) is 9.11. The number of nitrogens with zero attached hydrogens (tertiary/aromatic N) is 1. The van der Waals surface area contributed by atoms with Gasteiger partial charge in [-0.25, -0.2) is 4.39 Å². The predicted molar refractivity (Wildman–Crippen MR) is 78.4 cm³/mol. The van der Waals surface area contributed by atoms with Crippen LogP contribution in [0.2, 0.25) is 0 Å². The van der Waals surface area contributed by atoms with E-state index >= 15 is 0 Å².